The van der Waals surface area contributed by atoms with Crippen LogP contribution in [-0.2, 0) is 4.74 Å². The van der Waals surface area contributed by atoms with Crippen molar-refractivity contribution in [1.29, 1.82) is 0 Å². The van der Waals surface area contributed by atoms with Crippen molar-refractivity contribution in [3.8, 4) is 0 Å². The number of ether oxygens (including phenoxy) is 1. The number of alkyl halides is 1. The van der Waals surface area contributed by atoms with Gasteiger partial charge in [-0.3, -0.25) is 4.99 Å². The van der Waals surface area contributed by atoms with Gasteiger partial charge in [0.1, 0.15) is 6.17 Å². The zero-order valence-electron chi connectivity index (χ0n) is 9.41. The first-order valence-corrected chi connectivity index (χ1v) is 5.16. The van der Waals surface area contributed by atoms with Gasteiger partial charge >= 0.3 is 0 Å². The van der Waals surface area contributed by atoms with Crippen molar-refractivity contribution >= 4 is 6.21 Å². The summed E-state index contributed by atoms with van der Waals surface area (Å²) < 4.78 is 31.2. The van der Waals surface area contributed by atoms with E-state index in [2.05, 4.69) is 4.99 Å². The van der Waals surface area contributed by atoms with E-state index >= 15 is 0 Å². The van der Waals surface area contributed by atoms with Gasteiger partial charge in [-0.1, -0.05) is 13.0 Å². The highest BCUT2D eigenvalue weighted by Crippen LogP contribution is 2.27. The third-order valence-corrected chi connectivity index (χ3v) is 2.11. The monoisotopic (exact) mass is 227 g/mol. The summed E-state index contributed by atoms with van der Waals surface area (Å²) in [5, 5.41) is 0. The van der Waals surface area contributed by atoms with Crippen molar-refractivity contribution in [1.82, 2.24) is 0 Å². The summed E-state index contributed by atoms with van der Waals surface area (Å²) in [6.07, 6.45) is 5.46. The van der Waals surface area contributed by atoms with E-state index in [0.29, 0.717) is 5.57 Å². The van der Waals surface area contributed by atoms with Gasteiger partial charge in [-0.2, -0.15) is 0 Å². The molecule has 1 rings (SSSR count). The Hall–Kier alpha value is -1.45. The summed E-state index contributed by atoms with van der Waals surface area (Å²) >= 11 is 0. The molecule has 0 heterocycles. The van der Waals surface area contributed by atoms with Crippen LogP contribution in [0.25, 0.3) is 0 Å². The minimum Gasteiger partial charge on any atom is -0.493 e. The molecule has 0 fully saturated rings. The number of halogens is 2. The van der Waals surface area contributed by atoms with Crippen molar-refractivity contribution in [3.05, 3.63) is 35.5 Å². The molecule has 0 aliphatic heterocycles. The van der Waals surface area contributed by atoms with Crippen molar-refractivity contribution in [2.24, 2.45) is 4.99 Å². The highest BCUT2D eigenvalue weighted by molar-refractivity contribution is 5.81. The quantitative estimate of drug-likeness (QED) is 0.674. The lowest BCUT2D eigenvalue weighted by Gasteiger charge is -2.15. The van der Waals surface area contributed by atoms with Gasteiger partial charge in [-0.05, 0) is 12.5 Å². The number of hydrogen-bond acceptors (Lipinski definition) is 2. The zero-order valence-corrected chi connectivity index (χ0v) is 9.41. The Morgan fingerprint density at radius 2 is 2.38 bits per heavy atom. The number of methoxy groups -OCH3 is 1. The highest BCUT2D eigenvalue weighted by Gasteiger charge is 2.21. The molecule has 0 aromatic rings. The zero-order chi connectivity index (χ0) is 12.0. The van der Waals surface area contributed by atoms with Gasteiger partial charge in [-0.25, -0.2) is 8.78 Å². The molecule has 1 aliphatic carbocycles. The van der Waals surface area contributed by atoms with Crippen LogP contribution in [0.3, 0.4) is 0 Å². The van der Waals surface area contributed by atoms with Crippen molar-refractivity contribution in [2.75, 3.05) is 7.11 Å². The average Bonchev–Trinajstić information content (AvgIpc) is 2.24. The fourth-order valence-electron chi connectivity index (χ4n) is 1.39. The van der Waals surface area contributed by atoms with Crippen LogP contribution in [0.1, 0.15) is 19.8 Å². The second-order valence-electron chi connectivity index (χ2n) is 3.36. The third-order valence-electron chi connectivity index (χ3n) is 2.11. The molecular weight excluding hydrogens is 212 g/mol. The van der Waals surface area contributed by atoms with E-state index < -0.39 is 12.0 Å². The predicted molar refractivity (Wildman–Crippen MR) is 60.7 cm³/mol. The van der Waals surface area contributed by atoms with Crippen LogP contribution in [-0.4, -0.2) is 19.5 Å². The van der Waals surface area contributed by atoms with Crippen molar-refractivity contribution < 1.29 is 13.5 Å². The number of hydrogen-bond donors (Lipinski definition) is 0. The molecule has 1 atom stereocenters. The summed E-state index contributed by atoms with van der Waals surface area (Å²) in [6, 6.07) is 0. The number of aliphatic imine (C=N–C) groups is 1. The summed E-state index contributed by atoms with van der Waals surface area (Å²) in [5.41, 5.74) is 0.441. The van der Waals surface area contributed by atoms with Gasteiger partial charge in [-0.15, -0.1) is 0 Å². The Bertz CT molecular complexity index is 356. The van der Waals surface area contributed by atoms with Crippen molar-refractivity contribution in [3.63, 3.8) is 0 Å². The van der Waals surface area contributed by atoms with E-state index in [9.17, 15) is 8.78 Å². The van der Waals surface area contributed by atoms with Crippen LogP contribution in [0.4, 0.5) is 8.78 Å². The average molecular weight is 227 g/mol. The molecule has 0 saturated carbocycles. The molecule has 0 N–H and O–H groups in total. The lowest BCUT2D eigenvalue weighted by molar-refractivity contribution is 0.266. The molecule has 4 heteroatoms. The third kappa shape index (κ3) is 3.29. The first kappa shape index (κ1) is 12.6. The number of allylic oxidation sites excluding steroid dienone is 4. The largest absolute Gasteiger partial charge is 0.493 e. The van der Waals surface area contributed by atoms with Crippen LogP contribution in [0.2, 0.25) is 0 Å². The minimum absolute atomic E-state index is 0.0718. The second kappa shape index (κ2) is 6.20. The van der Waals surface area contributed by atoms with Crippen LogP contribution >= 0.6 is 0 Å². The molecule has 0 radical (unpaired) electrons. The summed E-state index contributed by atoms with van der Waals surface area (Å²) in [7, 11) is 1.36. The molecule has 16 heavy (non-hydrogen) atoms. The fourth-order valence-corrected chi connectivity index (χ4v) is 1.39. The summed E-state index contributed by atoms with van der Waals surface area (Å²) in [4.78, 5) is 3.95. The highest BCUT2D eigenvalue weighted by atomic mass is 19.1. The Morgan fingerprint density at radius 3 is 3.00 bits per heavy atom. The molecule has 0 spiro atoms. The Labute approximate surface area is 94.0 Å². The van der Waals surface area contributed by atoms with Gasteiger partial charge in [0, 0.05) is 24.4 Å². The maximum atomic E-state index is 13.3. The van der Waals surface area contributed by atoms with Gasteiger partial charge in [0.25, 0.3) is 0 Å². The molecule has 2 nitrogen and oxygen atoms in total. The smallest absolute Gasteiger partial charge is 0.164 e. The maximum absolute atomic E-state index is 13.3. The van der Waals surface area contributed by atoms with Crippen LogP contribution < -0.4 is 0 Å². The van der Waals surface area contributed by atoms with Gasteiger partial charge < -0.3 is 4.74 Å². The Morgan fingerprint density at radius 1 is 1.62 bits per heavy atom. The maximum Gasteiger partial charge on any atom is 0.164 e. The standard InChI is InChI=1S/C12H15F2NO/c1-3-4-5-15-8-9-6-10(13)7-11(14)12(9)16-2/h4-5,7-8,10H,3,6H2,1-2H3/b5-4-,15-8?. The van der Waals surface area contributed by atoms with Gasteiger partial charge in [0.2, 0.25) is 0 Å². The van der Waals surface area contributed by atoms with E-state index in [-0.39, 0.29) is 12.2 Å². The molecule has 0 amide bonds. The molecular formula is C12H15F2NO. The van der Waals surface area contributed by atoms with E-state index in [1.807, 2.05) is 13.0 Å². The Kier molecular flexibility index (Phi) is 4.89. The molecule has 0 saturated heterocycles. The second-order valence-corrected chi connectivity index (χ2v) is 3.36. The molecule has 0 aromatic carbocycles. The van der Waals surface area contributed by atoms with E-state index in [0.717, 1.165) is 12.5 Å². The molecule has 0 aromatic heterocycles. The first-order valence-electron chi connectivity index (χ1n) is 5.16. The molecule has 0 bridgehead atoms. The molecule has 1 unspecified atom stereocenters. The van der Waals surface area contributed by atoms with Gasteiger partial charge in [0.15, 0.2) is 11.6 Å². The summed E-state index contributed by atoms with van der Waals surface area (Å²) in [5.74, 6) is -0.593. The normalized spacial score (nSPS) is 22.0. The predicted octanol–water partition coefficient (Wildman–Crippen LogP) is 3.48. The minimum atomic E-state index is -1.31. The first-order chi connectivity index (χ1) is 7.69. The molecule has 1 aliphatic rings. The SMILES string of the molecule is CC/C=C\N=CC1=C(OC)C(F)=CC(F)C1. The van der Waals surface area contributed by atoms with E-state index in [1.165, 1.54) is 13.3 Å². The van der Waals surface area contributed by atoms with E-state index in [1.54, 1.807) is 6.20 Å². The Balaban J connectivity index is 2.85. The van der Waals surface area contributed by atoms with Crippen LogP contribution in [0.15, 0.2) is 40.5 Å². The fraction of sp³-hybridized carbons (Fsp3) is 0.417. The lowest BCUT2D eigenvalue weighted by atomic mass is 10.0. The number of rotatable bonds is 4. The molecule has 88 valence electrons. The topological polar surface area (TPSA) is 21.6 Å². The van der Waals surface area contributed by atoms with Crippen molar-refractivity contribution in [2.45, 2.75) is 25.9 Å². The van der Waals surface area contributed by atoms with E-state index in [4.69, 9.17) is 4.74 Å². The van der Waals surface area contributed by atoms with Gasteiger partial charge in [0.05, 0.1) is 7.11 Å². The van der Waals surface area contributed by atoms with Crippen LogP contribution in [0, 0.1) is 0 Å². The number of nitrogens with zero attached hydrogens (tertiary/aromatic N) is 1. The summed E-state index contributed by atoms with van der Waals surface area (Å²) in [6.45, 7) is 1.98. The lowest BCUT2D eigenvalue weighted by Crippen LogP contribution is -2.10. The van der Waals surface area contributed by atoms with Crippen LogP contribution in [0.5, 0.6) is 0 Å².